The van der Waals surface area contributed by atoms with E-state index in [4.69, 9.17) is 4.74 Å². The monoisotopic (exact) mass is 329 g/mol. The van der Waals surface area contributed by atoms with E-state index in [0.717, 1.165) is 21.8 Å². The smallest absolute Gasteiger partial charge is 0.273 e. The van der Waals surface area contributed by atoms with E-state index < -0.39 is 4.92 Å². The number of nitro benzene ring substituents is 1. The zero-order chi connectivity index (χ0) is 16.4. The van der Waals surface area contributed by atoms with Crippen molar-refractivity contribution in [1.29, 1.82) is 0 Å². The molecule has 0 saturated heterocycles. The molecular formula is C16H15N3O3S. The number of ether oxygens (including phenoxy) is 1. The molecule has 3 aromatic rings. The molecule has 0 spiro atoms. The first-order valence-electron chi connectivity index (χ1n) is 7.09. The van der Waals surface area contributed by atoms with Gasteiger partial charge in [-0.15, -0.1) is 0 Å². The van der Waals surface area contributed by atoms with E-state index in [-0.39, 0.29) is 5.69 Å². The van der Waals surface area contributed by atoms with Crippen LogP contribution in [-0.4, -0.2) is 17.0 Å². The number of aryl methyl sites for hydroxylation is 1. The van der Waals surface area contributed by atoms with Gasteiger partial charge in [-0.05, 0) is 30.2 Å². The van der Waals surface area contributed by atoms with E-state index in [1.165, 1.54) is 36.1 Å². The Morgan fingerprint density at radius 1 is 1.30 bits per heavy atom. The molecule has 6 nitrogen and oxygen atoms in total. The molecular weight excluding hydrogens is 314 g/mol. The predicted molar refractivity (Wildman–Crippen MR) is 91.9 cm³/mol. The molecule has 3 rings (SSSR count). The summed E-state index contributed by atoms with van der Waals surface area (Å²) in [5.74, 6) is 0.410. The standard InChI is InChI=1S/C16H15N3O3S/c1-3-10-4-6-13-15(8-10)23-16(18-13)17-12-7-5-11(19(20)21)9-14(12)22-2/h4-9H,3H2,1-2H3,(H,17,18). The Balaban J connectivity index is 1.93. The van der Waals surface area contributed by atoms with Gasteiger partial charge in [-0.25, -0.2) is 4.98 Å². The fourth-order valence-electron chi connectivity index (χ4n) is 2.25. The van der Waals surface area contributed by atoms with Crippen molar-refractivity contribution in [1.82, 2.24) is 4.98 Å². The number of nitrogens with zero attached hydrogens (tertiary/aromatic N) is 2. The van der Waals surface area contributed by atoms with Crippen molar-refractivity contribution in [2.45, 2.75) is 13.3 Å². The number of thiazole rings is 1. The maximum absolute atomic E-state index is 10.8. The van der Waals surface area contributed by atoms with Crippen molar-refractivity contribution >= 4 is 38.1 Å². The van der Waals surface area contributed by atoms with E-state index in [2.05, 4.69) is 29.4 Å². The fourth-order valence-corrected chi connectivity index (χ4v) is 3.20. The van der Waals surface area contributed by atoms with Gasteiger partial charge in [-0.2, -0.15) is 0 Å². The SMILES string of the molecule is CCc1ccc2nc(Nc3ccc([N+](=O)[O-])cc3OC)sc2c1. The van der Waals surface area contributed by atoms with Gasteiger partial charge in [0.1, 0.15) is 5.75 Å². The zero-order valence-electron chi connectivity index (χ0n) is 12.7. The second-order valence-corrected chi connectivity index (χ2v) is 5.97. The van der Waals surface area contributed by atoms with Crippen molar-refractivity contribution in [2.24, 2.45) is 0 Å². The summed E-state index contributed by atoms with van der Waals surface area (Å²) < 4.78 is 6.33. The molecule has 7 heteroatoms. The maximum atomic E-state index is 10.8. The van der Waals surface area contributed by atoms with Gasteiger partial charge in [0, 0.05) is 6.07 Å². The topological polar surface area (TPSA) is 77.3 Å². The molecule has 0 aliphatic rings. The van der Waals surface area contributed by atoms with Crippen molar-refractivity contribution in [3.05, 3.63) is 52.1 Å². The molecule has 2 aromatic carbocycles. The van der Waals surface area contributed by atoms with Crippen LogP contribution in [0.15, 0.2) is 36.4 Å². The highest BCUT2D eigenvalue weighted by Crippen LogP contribution is 2.34. The number of hydrogen-bond donors (Lipinski definition) is 1. The molecule has 0 unspecified atom stereocenters. The number of benzene rings is 2. The normalized spacial score (nSPS) is 10.7. The summed E-state index contributed by atoms with van der Waals surface area (Å²) >= 11 is 1.54. The van der Waals surface area contributed by atoms with E-state index in [1.54, 1.807) is 6.07 Å². The van der Waals surface area contributed by atoms with Crippen LogP contribution in [0.25, 0.3) is 10.2 Å². The summed E-state index contributed by atoms with van der Waals surface area (Å²) in [4.78, 5) is 14.9. The molecule has 0 atom stereocenters. The number of methoxy groups -OCH3 is 1. The van der Waals surface area contributed by atoms with Crippen molar-refractivity contribution in [3.8, 4) is 5.75 Å². The van der Waals surface area contributed by atoms with Crippen molar-refractivity contribution in [3.63, 3.8) is 0 Å². The summed E-state index contributed by atoms with van der Waals surface area (Å²) in [7, 11) is 1.48. The number of non-ortho nitro benzene ring substituents is 1. The lowest BCUT2D eigenvalue weighted by atomic mass is 10.2. The van der Waals surface area contributed by atoms with Crippen molar-refractivity contribution in [2.75, 3.05) is 12.4 Å². The van der Waals surface area contributed by atoms with Crippen LogP contribution in [-0.2, 0) is 6.42 Å². The number of nitro groups is 1. The molecule has 0 bridgehead atoms. The van der Waals surface area contributed by atoms with Crippen LogP contribution in [0.2, 0.25) is 0 Å². The Kier molecular flexibility index (Phi) is 4.12. The predicted octanol–water partition coefficient (Wildman–Crippen LogP) is 4.52. The van der Waals surface area contributed by atoms with Crippen molar-refractivity contribution < 1.29 is 9.66 Å². The highest BCUT2D eigenvalue weighted by molar-refractivity contribution is 7.22. The summed E-state index contributed by atoms with van der Waals surface area (Å²) in [5, 5.41) is 14.7. The lowest BCUT2D eigenvalue weighted by Crippen LogP contribution is -1.96. The number of aromatic nitrogens is 1. The lowest BCUT2D eigenvalue weighted by molar-refractivity contribution is -0.384. The molecule has 1 N–H and O–H groups in total. The Morgan fingerprint density at radius 3 is 2.83 bits per heavy atom. The summed E-state index contributed by atoms with van der Waals surface area (Å²) in [6, 6.07) is 10.7. The third kappa shape index (κ3) is 3.09. The second-order valence-electron chi connectivity index (χ2n) is 4.94. The van der Waals surface area contributed by atoms with Gasteiger partial charge < -0.3 is 10.1 Å². The van der Waals surface area contributed by atoms with Crippen LogP contribution >= 0.6 is 11.3 Å². The molecule has 1 aromatic heterocycles. The minimum Gasteiger partial charge on any atom is -0.494 e. The summed E-state index contributed by atoms with van der Waals surface area (Å²) in [6.45, 7) is 2.11. The van der Waals surface area contributed by atoms with Gasteiger partial charge in [-0.1, -0.05) is 24.3 Å². The molecule has 23 heavy (non-hydrogen) atoms. The summed E-state index contributed by atoms with van der Waals surface area (Å²) in [5.41, 5.74) is 2.83. The van der Waals surface area contributed by atoms with Gasteiger partial charge in [-0.3, -0.25) is 10.1 Å². The van der Waals surface area contributed by atoms with Crippen LogP contribution in [0.5, 0.6) is 5.75 Å². The molecule has 0 fully saturated rings. The number of rotatable bonds is 5. The Labute approximate surface area is 136 Å². The van der Waals surface area contributed by atoms with E-state index >= 15 is 0 Å². The first-order chi connectivity index (χ1) is 11.1. The Hall–Kier alpha value is -2.67. The first-order valence-corrected chi connectivity index (χ1v) is 7.91. The largest absolute Gasteiger partial charge is 0.494 e. The van der Waals surface area contributed by atoms with Gasteiger partial charge >= 0.3 is 0 Å². The molecule has 0 amide bonds. The van der Waals surface area contributed by atoms with Gasteiger partial charge in [0.25, 0.3) is 5.69 Å². The lowest BCUT2D eigenvalue weighted by Gasteiger charge is -2.08. The van der Waals surface area contributed by atoms with E-state index in [9.17, 15) is 10.1 Å². The first kappa shape index (κ1) is 15.2. The number of nitrogens with one attached hydrogen (secondary N) is 1. The second kappa shape index (κ2) is 6.21. The van der Waals surface area contributed by atoms with Crippen LogP contribution in [0.4, 0.5) is 16.5 Å². The van der Waals surface area contributed by atoms with E-state index in [0.29, 0.717) is 11.4 Å². The van der Waals surface area contributed by atoms with E-state index in [1.807, 2.05) is 6.07 Å². The quantitative estimate of drug-likeness (QED) is 0.550. The van der Waals surface area contributed by atoms with Crippen LogP contribution < -0.4 is 10.1 Å². The number of anilines is 2. The molecule has 1 heterocycles. The highest BCUT2D eigenvalue weighted by Gasteiger charge is 2.13. The maximum Gasteiger partial charge on any atom is 0.273 e. The average molecular weight is 329 g/mol. The van der Waals surface area contributed by atoms with Crippen LogP contribution in [0.1, 0.15) is 12.5 Å². The minimum absolute atomic E-state index is 0.00992. The zero-order valence-corrected chi connectivity index (χ0v) is 13.5. The van der Waals surface area contributed by atoms with Gasteiger partial charge in [0.15, 0.2) is 5.13 Å². The molecule has 0 radical (unpaired) electrons. The molecule has 118 valence electrons. The Morgan fingerprint density at radius 2 is 2.13 bits per heavy atom. The molecule has 0 aliphatic carbocycles. The number of hydrogen-bond acceptors (Lipinski definition) is 6. The van der Waals surface area contributed by atoms with Gasteiger partial charge in [0.2, 0.25) is 0 Å². The third-order valence-corrected chi connectivity index (χ3v) is 4.43. The molecule has 0 aliphatic heterocycles. The van der Waals surface area contributed by atoms with Crippen LogP contribution in [0.3, 0.4) is 0 Å². The average Bonchev–Trinajstić information content (AvgIpc) is 2.96. The highest BCUT2D eigenvalue weighted by atomic mass is 32.1. The van der Waals surface area contributed by atoms with Gasteiger partial charge in [0.05, 0.1) is 34.0 Å². The Bertz CT molecular complexity index is 876. The fraction of sp³-hybridized carbons (Fsp3) is 0.188. The third-order valence-electron chi connectivity index (χ3n) is 3.50. The number of fused-ring (bicyclic) bond motifs is 1. The summed E-state index contributed by atoms with van der Waals surface area (Å²) in [6.07, 6.45) is 0.979. The molecule has 0 saturated carbocycles. The minimum atomic E-state index is -0.448. The van der Waals surface area contributed by atoms with Crippen LogP contribution in [0, 0.1) is 10.1 Å².